The van der Waals surface area contributed by atoms with E-state index in [1.54, 1.807) is 12.2 Å². The van der Waals surface area contributed by atoms with Gasteiger partial charge in [-0.15, -0.1) is 11.3 Å². The molecule has 1 heterocycles. The highest BCUT2D eigenvalue weighted by Gasteiger charge is 2.26. The predicted molar refractivity (Wildman–Crippen MR) is 103 cm³/mol. The van der Waals surface area contributed by atoms with Gasteiger partial charge in [-0.2, -0.15) is 0 Å². The summed E-state index contributed by atoms with van der Waals surface area (Å²) in [6.45, 7) is 2.88. The summed E-state index contributed by atoms with van der Waals surface area (Å²) < 4.78 is 5.58. The molecule has 140 valence electrons. The van der Waals surface area contributed by atoms with Gasteiger partial charge in [0.2, 0.25) is 0 Å². The van der Waals surface area contributed by atoms with E-state index < -0.39 is 5.97 Å². The lowest BCUT2D eigenvalue weighted by molar-refractivity contribution is -0.644. The number of carbonyl (C=O) groups is 2. The summed E-state index contributed by atoms with van der Waals surface area (Å²) in [6, 6.07) is 9.29. The van der Waals surface area contributed by atoms with Crippen LogP contribution in [0.25, 0.3) is 11.1 Å². The van der Waals surface area contributed by atoms with Crippen LogP contribution in [-0.2, 0) is 9.53 Å². The summed E-state index contributed by atoms with van der Waals surface area (Å²) >= 11 is 7.52. The van der Waals surface area contributed by atoms with E-state index in [0.29, 0.717) is 27.9 Å². The fourth-order valence-corrected chi connectivity index (χ4v) is 3.79. The quantitative estimate of drug-likeness (QED) is 0.446. The minimum Gasteiger partial charge on any atom is -0.462 e. The molecule has 0 unspecified atom stereocenters. The largest absolute Gasteiger partial charge is 0.462 e. The zero-order valence-corrected chi connectivity index (χ0v) is 16.0. The molecular weight excluding hydrogens is 376 g/mol. The summed E-state index contributed by atoms with van der Waals surface area (Å²) in [5, 5.41) is 13.7. The Morgan fingerprint density at radius 2 is 2.04 bits per heavy atom. The zero-order chi connectivity index (χ0) is 18.9. The molecule has 4 N–H and O–H groups in total. The number of esters is 1. The van der Waals surface area contributed by atoms with Crippen LogP contribution >= 0.6 is 22.9 Å². The Hall–Kier alpha value is -1.93. The van der Waals surface area contributed by atoms with Gasteiger partial charge in [0.25, 0.3) is 5.91 Å². The highest BCUT2D eigenvalue weighted by molar-refractivity contribution is 7.21. The minimum absolute atomic E-state index is 0.0894. The van der Waals surface area contributed by atoms with Crippen LogP contribution in [0.5, 0.6) is 0 Å². The Morgan fingerprint density at radius 3 is 2.69 bits per heavy atom. The van der Waals surface area contributed by atoms with Crippen molar-refractivity contribution in [1.82, 2.24) is 0 Å². The number of quaternary nitrogens is 1. The molecule has 0 atom stereocenters. The molecule has 0 fully saturated rings. The summed E-state index contributed by atoms with van der Waals surface area (Å²) in [5.74, 6) is -0.764. The van der Waals surface area contributed by atoms with Crippen molar-refractivity contribution in [2.24, 2.45) is 0 Å². The number of nitrogens with two attached hydrogens (primary N) is 1. The van der Waals surface area contributed by atoms with Crippen LogP contribution in [0.15, 0.2) is 30.3 Å². The van der Waals surface area contributed by atoms with E-state index in [2.05, 4.69) is 5.32 Å². The van der Waals surface area contributed by atoms with Crippen molar-refractivity contribution in [2.45, 2.75) is 13.3 Å². The molecule has 0 spiro atoms. The number of hydrogen-bond acceptors (Lipinski definition) is 5. The van der Waals surface area contributed by atoms with Gasteiger partial charge in [0, 0.05) is 18.6 Å². The number of ether oxygens (including phenoxy) is 1. The maximum absolute atomic E-state index is 12.5. The first-order chi connectivity index (χ1) is 12.6. The van der Waals surface area contributed by atoms with Crippen molar-refractivity contribution in [3.8, 4) is 11.1 Å². The first kappa shape index (κ1) is 20.4. The molecule has 0 aliphatic heterocycles. The monoisotopic (exact) mass is 397 g/mol. The normalized spacial score (nSPS) is 10.6. The van der Waals surface area contributed by atoms with Crippen molar-refractivity contribution in [3.63, 3.8) is 0 Å². The van der Waals surface area contributed by atoms with Crippen molar-refractivity contribution in [2.75, 3.05) is 31.6 Å². The number of amides is 1. The van der Waals surface area contributed by atoms with Crippen molar-refractivity contribution in [3.05, 3.63) is 40.2 Å². The molecule has 26 heavy (non-hydrogen) atoms. The molecule has 0 saturated heterocycles. The van der Waals surface area contributed by atoms with Crippen LogP contribution in [0.1, 0.15) is 23.7 Å². The molecule has 0 bridgehead atoms. The SMILES string of the molecule is CCOC(=O)c1c(NC(=O)C[NH2+]CCCO)sc(Cl)c1-c1ccccc1. The number of thiophene rings is 1. The Balaban J connectivity index is 2.28. The fraction of sp³-hybridized carbons (Fsp3) is 0.333. The van der Waals surface area contributed by atoms with E-state index in [0.717, 1.165) is 16.9 Å². The van der Waals surface area contributed by atoms with Crippen LogP contribution in [0.4, 0.5) is 5.00 Å². The molecule has 6 nitrogen and oxygen atoms in total. The summed E-state index contributed by atoms with van der Waals surface area (Å²) in [7, 11) is 0. The number of halogens is 1. The third-order valence-electron chi connectivity index (χ3n) is 3.56. The summed E-state index contributed by atoms with van der Waals surface area (Å²) in [4.78, 5) is 24.7. The molecule has 2 rings (SSSR count). The molecule has 2 aromatic rings. The molecule has 0 aliphatic rings. The average Bonchev–Trinajstić information content (AvgIpc) is 2.95. The topological polar surface area (TPSA) is 92.2 Å². The first-order valence-corrected chi connectivity index (χ1v) is 9.55. The molecule has 0 aliphatic carbocycles. The van der Waals surface area contributed by atoms with Gasteiger partial charge in [-0.05, 0) is 12.5 Å². The van der Waals surface area contributed by atoms with Gasteiger partial charge in [0.1, 0.15) is 14.9 Å². The molecule has 1 aromatic carbocycles. The number of anilines is 1. The number of aliphatic hydroxyl groups is 1. The Bertz CT molecular complexity index is 749. The van der Waals surface area contributed by atoms with Crippen molar-refractivity contribution in [1.29, 1.82) is 0 Å². The molecular formula is C18H22ClN2O4S+. The Kier molecular flexibility index (Phi) is 8.06. The van der Waals surface area contributed by atoms with Crippen LogP contribution in [-0.4, -0.2) is 43.3 Å². The second-order valence-electron chi connectivity index (χ2n) is 5.45. The maximum atomic E-state index is 12.5. The highest BCUT2D eigenvalue weighted by atomic mass is 35.5. The highest BCUT2D eigenvalue weighted by Crippen LogP contribution is 2.43. The van der Waals surface area contributed by atoms with Gasteiger partial charge in [0.05, 0.1) is 13.2 Å². The van der Waals surface area contributed by atoms with Gasteiger partial charge in [-0.1, -0.05) is 41.9 Å². The van der Waals surface area contributed by atoms with E-state index in [4.69, 9.17) is 21.4 Å². The molecule has 0 radical (unpaired) electrons. The second-order valence-corrected chi connectivity index (χ2v) is 7.07. The van der Waals surface area contributed by atoms with Gasteiger partial charge < -0.3 is 20.5 Å². The minimum atomic E-state index is -0.519. The lowest BCUT2D eigenvalue weighted by atomic mass is 10.0. The van der Waals surface area contributed by atoms with Crippen molar-refractivity contribution >= 4 is 39.8 Å². The van der Waals surface area contributed by atoms with Gasteiger partial charge in [-0.3, -0.25) is 4.79 Å². The van der Waals surface area contributed by atoms with Crippen LogP contribution in [0, 0.1) is 0 Å². The summed E-state index contributed by atoms with van der Waals surface area (Å²) in [5.41, 5.74) is 1.62. The lowest BCUT2D eigenvalue weighted by Gasteiger charge is -2.08. The molecule has 1 amide bonds. The van der Waals surface area contributed by atoms with Gasteiger partial charge >= 0.3 is 5.97 Å². The second kappa shape index (κ2) is 10.3. The molecule has 8 heteroatoms. The van der Waals surface area contributed by atoms with Crippen LogP contribution < -0.4 is 10.6 Å². The Labute approximate surface area is 161 Å². The molecule has 0 saturated carbocycles. The number of benzene rings is 1. The standard InChI is InChI=1S/C18H21ClN2O4S/c1-2-25-18(24)15-14(12-7-4-3-5-8-12)16(19)26-17(15)21-13(23)11-20-9-6-10-22/h3-5,7-8,20,22H,2,6,9-11H2,1H3,(H,21,23)/p+1. The van der Waals surface area contributed by atoms with Gasteiger partial charge in [0.15, 0.2) is 6.54 Å². The summed E-state index contributed by atoms with van der Waals surface area (Å²) in [6.07, 6.45) is 0.615. The van der Waals surface area contributed by atoms with Gasteiger partial charge in [-0.25, -0.2) is 4.79 Å². The van der Waals surface area contributed by atoms with Crippen LogP contribution in [0.3, 0.4) is 0 Å². The fourth-order valence-electron chi connectivity index (χ4n) is 2.40. The number of rotatable bonds is 9. The lowest BCUT2D eigenvalue weighted by Crippen LogP contribution is -2.86. The van der Waals surface area contributed by atoms with Crippen molar-refractivity contribution < 1.29 is 24.7 Å². The third-order valence-corrected chi connectivity index (χ3v) is 4.87. The average molecular weight is 398 g/mol. The number of nitrogens with one attached hydrogen (secondary N) is 1. The van der Waals surface area contributed by atoms with E-state index >= 15 is 0 Å². The molecule has 1 aromatic heterocycles. The first-order valence-electron chi connectivity index (χ1n) is 8.35. The van der Waals surface area contributed by atoms with E-state index in [-0.39, 0.29) is 31.2 Å². The smallest absolute Gasteiger partial charge is 0.341 e. The third kappa shape index (κ3) is 5.28. The van der Waals surface area contributed by atoms with E-state index in [9.17, 15) is 9.59 Å². The predicted octanol–water partition coefficient (Wildman–Crippen LogP) is 2.13. The van der Waals surface area contributed by atoms with Crippen LogP contribution in [0.2, 0.25) is 4.34 Å². The number of hydrogen-bond donors (Lipinski definition) is 3. The zero-order valence-electron chi connectivity index (χ0n) is 14.5. The number of carbonyl (C=O) groups excluding carboxylic acids is 2. The van der Waals surface area contributed by atoms with E-state index in [1.165, 1.54) is 0 Å². The number of aliphatic hydroxyl groups excluding tert-OH is 1. The van der Waals surface area contributed by atoms with E-state index in [1.807, 2.05) is 30.3 Å². The maximum Gasteiger partial charge on any atom is 0.341 e. The Morgan fingerprint density at radius 1 is 1.31 bits per heavy atom.